The molecule has 1 atom stereocenters. The Morgan fingerprint density at radius 2 is 1.96 bits per heavy atom. The Kier molecular flexibility index (Phi) is 5.83. The van der Waals surface area contributed by atoms with Crippen molar-refractivity contribution in [2.45, 2.75) is 31.7 Å². The maximum absolute atomic E-state index is 12.4. The highest BCUT2D eigenvalue weighted by Gasteiger charge is 2.40. The fourth-order valence-electron chi connectivity index (χ4n) is 2.72. The summed E-state index contributed by atoms with van der Waals surface area (Å²) in [6.45, 7) is 2.73. The van der Waals surface area contributed by atoms with Gasteiger partial charge in [-0.25, -0.2) is 0 Å². The molecular formula is C19H20N2O3S. The molecule has 1 unspecified atom stereocenters. The zero-order valence-corrected chi connectivity index (χ0v) is 14.9. The lowest BCUT2D eigenvalue weighted by molar-refractivity contribution is -0.134. The van der Waals surface area contributed by atoms with Crippen molar-refractivity contribution in [3.05, 3.63) is 65.5 Å². The van der Waals surface area contributed by atoms with E-state index in [-0.39, 0.29) is 17.7 Å². The average molecular weight is 356 g/mol. The van der Waals surface area contributed by atoms with Crippen LogP contribution in [0.3, 0.4) is 0 Å². The standard InChI is InChI=1S/C19H20N2O3S/c1-2-15-9-6-11-20-16(15)10-12-24-18-17(22)21(19(23)25-18)13-14-7-4-3-5-8-14/h3-9,11,18H,2,10,12-13H2,1H3. The van der Waals surface area contributed by atoms with Gasteiger partial charge in [0.05, 0.1) is 13.2 Å². The lowest BCUT2D eigenvalue weighted by Gasteiger charge is -2.14. The summed E-state index contributed by atoms with van der Waals surface area (Å²) in [6, 6.07) is 13.4. The van der Waals surface area contributed by atoms with Crippen molar-refractivity contribution in [2.75, 3.05) is 6.61 Å². The minimum atomic E-state index is -0.759. The largest absolute Gasteiger partial charge is 0.357 e. The molecule has 1 fully saturated rings. The number of aryl methyl sites for hydroxylation is 1. The van der Waals surface area contributed by atoms with Gasteiger partial charge in [-0.05, 0) is 35.4 Å². The quantitative estimate of drug-likeness (QED) is 0.761. The first-order valence-corrected chi connectivity index (χ1v) is 9.17. The number of pyridine rings is 1. The first kappa shape index (κ1) is 17.6. The molecule has 0 bridgehead atoms. The van der Waals surface area contributed by atoms with Gasteiger partial charge in [-0.3, -0.25) is 19.5 Å². The van der Waals surface area contributed by atoms with Crippen LogP contribution in [0.25, 0.3) is 0 Å². The fraction of sp³-hybridized carbons (Fsp3) is 0.316. The number of thioether (sulfide) groups is 1. The van der Waals surface area contributed by atoms with Gasteiger partial charge in [-0.15, -0.1) is 0 Å². The third kappa shape index (κ3) is 4.27. The summed E-state index contributed by atoms with van der Waals surface area (Å²) in [4.78, 5) is 30.2. The summed E-state index contributed by atoms with van der Waals surface area (Å²) >= 11 is 0.941. The molecule has 0 N–H and O–H groups in total. The van der Waals surface area contributed by atoms with Crippen LogP contribution in [0.1, 0.15) is 23.7 Å². The molecule has 3 rings (SSSR count). The monoisotopic (exact) mass is 356 g/mol. The van der Waals surface area contributed by atoms with Gasteiger partial charge >= 0.3 is 0 Å². The van der Waals surface area contributed by atoms with E-state index >= 15 is 0 Å². The van der Waals surface area contributed by atoms with Crippen LogP contribution in [0.15, 0.2) is 48.7 Å². The number of amides is 2. The van der Waals surface area contributed by atoms with Gasteiger partial charge in [0.2, 0.25) is 0 Å². The van der Waals surface area contributed by atoms with E-state index < -0.39 is 5.44 Å². The number of hydrogen-bond acceptors (Lipinski definition) is 5. The van der Waals surface area contributed by atoms with E-state index in [1.807, 2.05) is 42.5 Å². The van der Waals surface area contributed by atoms with Gasteiger partial charge in [-0.2, -0.15) is 0 Å². The van der Waals surface area contributed by atoms with Crippen molar-refractivity contribution in [3.63, 3.8) is 0 Å². The molecule has 1 aliphatic heterocycles. The highest BCUT2D eigenvalue weighted by molar-refractivity contribution is 8.15. The van der Waals surface area contributed by atoms with Crippen LogP contribution in [0.4, 0.5) is 4.79 Å². The SMILES string of the molecule is CCc1cccnc1CCOC1SC(=O)N(Cc2ccccc2)C1=O. The topological polar surface area (TPSA) is 59.5 Å². The Morgan fingerprint density at radius 3 is 2.72 bits per heavy atom. The minimum absolute atomic E-state index is 0.258. The molecule has 0 saturated carbocycles. The van der Waals surface area contributed by atoms with E-state index in [0.29, 0.717) is 13.0 Å². The molecule has 6 heteroatoms. The van der Waals surface area contributed by atoms with E-state index in [1.54, 1.807) is 6.20 Å². The van der Waals surface area contributed by atoms with Crippen LogP contribution < -0.4 is 0 Å². The number of imide groups is 1. The van der Waals surface area contributed by atoms with E-state index in [2.05, 4.69) is 11.9 Å². The smallest absolute Gasteiger partial charge is 0.291 e. The Labute approximate surface area is 151 Å². The molecule has 130 valence electrons. The molecule has 0 radical (unpaired) electrons. The minimum Gasteiger partial charge on any atom is -0.357 e. The number of carbonyl (C=O) groups is 2. The number of hydrogen-bond donors (Lipinski definition) is 0. The number of nitrogens with zero attached hydrogens (tertiary/aromatic N) is 2. The maximum Gasteiger partial charge on any atom is 0.291 e. The van der Waals surface area contributed by atoms with Gasteiger partial charge in [0.15, 0.2) is 5.44 Å². The van der Waals surface area contributed by atoms with Crippen molar-refractivity contribution in [2.24, 2.45) is 0 Å². The highest BCUT2D eigenvalue weighted by atomic mass is 32.2. The average Bonchev–Trinajstić information content (AvgIpc) is 2.91. The number of ether oxygens (including phenoxy) is 1. The summed E-state index contributed by atoms with van der Waals surface area (Å²) in [5.41, 5.74) is 2.32. The number of benzene rings is 1. The zero-order chi connectivity index (χ0) is 17.6. The van der Waals surface area contributed by atoms with Crippen LogP contribution >= 0.6 is 11.8 Å². The zero-order valence-electron chi connectivity index (χ0n) is 14.1. The molecule has 2 heterocycles. The summed E-state index contributed by atoms with van der Waals surface area (Å²) in [5, 5.41) is -0.258. The Hall–Kier alpha value is -2.18. The summed E-state index contributed by atoms with van der Waals surface area (Å²) in [7, 11) is 0. The lowest BCUT2D eigenvalue weighted by Crippen LogP contribution is -2.32. The lowest BCUT2D eigenvalue weighted by atomic mass is 10.1. The molecular weight excluding hydrogens is 336 g/mol. The van der Waals surface area contributed by atoms with Crippen molar-refractivity contribution in [1.29, 1.82) is 0 Å². The van der Waals surface area contributed by atoms with E-state index in [9.17, 15) is 9.59 Å². The maximum atomic E-state index is 12.4. The van der Waals surface area contributed by atoms with E-state index in [4.69, 9.17) is 4.74 Å². The van der Waals surface area contributed by atoms with Gasteiger partial charge in [0.1, 0.15) is 0 Å². The molecule has 2 aromatic rings. The normalized spacial score (nSPS) is 17.3. The van der Waals surface area contributed by atoms with Crippen LogP contribution in [-0.2, 0) is 28.9 Å². The van der Waals surface area contributed by atoms with Crippen molar-refractivity contribution in [1.82, 2.24) is 9.88 Å². The highest BCUT2D eigenvalue weighted by Crippen LogP contribution is 2.29. The number of rotatable bonds is 7. The van der Waals surface area contributed by atoms with Crippen molar-refractivity contribution >= 4 is 22.9 Å². The van der Waals surface area contributed by atoms with Crippen LogP contribution in [-0.4, -0.2) is 33.1 Å². The third-order valence-electron chi connectivity index (χ3n) is 4.05. The first-order valence-electron chi connectivity index (χ1n) is 8.29. The Balaban J connectivity index is 1.55. The van der Waals surface area contributed by atoms with Gasteiger partial charge in [0.25, 0.3) is 11.1 Å². The molecule has 1 aromatic carbocycles. The Bertz CT molecular complexity index is 751. The van der Waals surface area contributed by atoms with Crippen LogP contribution in [0, 0.1) is 0 Å². The van der Waals surface area contributed by atoms with E-state index in [0.717, 1.165) is 29.4 Å². The predicted molar refractivity (Wildman–Crippen MR) is 97.0 cm³/mol. The molecule has 0 spiro atoms. The third-order valence-corrected chi connectivity index (χ3v) is 5.03. The van der Waals surface area contributed by atoms with E-state index in [1.165, 1.54) is 10.5 Å². The van der Waals surface area contributed by atoms with Gasteiger partial charge < -0.3 is 4.74 Å². The number of aromatic nitrogens is 1. The molecule has 25 heavy (non-hydrogen) atoms. The molecule has 0 aliphatic carbocycles. The molecule has 1 aromatic heterocycles. The second-order valence-corrected chi connectivity index (χ2v) is 6.72. The summed E-state index contributed by atoms with van der Waals surface area (Å²) in [5.74, 6) is -0.282. The van der Waals surface area contributed by atoms with Gasteiger partial charge in [-0.1, -0.05) is 43.3 Å². The second kappa shape index (κ2) is 8.27. The number of carbonyl (C=O) groups excluding carboxylic acids is 2. The first-order chi connectivity index (χ1) is 12.2. The van der Waals surface area contributed by atoms with Crippen molar-refractivity contribution < 1.29 is 14.3 Å². The molecule has 5 nitrogen and oxygen atoms in total. The summed E-state index contributed by atoms with van der Waals surface area (Å²) in [6.07, 6.45) is 3.29. The second-order valence-electron chi connectivity index (χ2n) is 5.71. The fourth-order valence-corrected chi connectivity index (χ4v) is 3.57. The molecule has 2 amide bonds. The Morgan fingerprint density at radius 1 is 1.16 bits per heavy atom. The van der Waals surface area contributed by atoms with Crippen LogP contribution in [0.5, 0.6) is 0 Å². The predicted octanol–water partition coefficient (Wildman–Crippen LogP) is 3.42. The molecule has 1 saturated heterocycles. The van der Waals surface area contributed by atoms with Crippen molar-refractivity contribution in [3.8, 4) is 0 Å². The molecule has 1 aliphatic rings. The summed E-state index contributed by atoms with van der Waals surface area (Å²) < 4.78 is 5.67. The van der Waals surface area contributed by atoms with Crippen LogP contribution in [0.2, 0.25) is 0 Å². The van der Waals surface area contributed by atoms with Gasteiger partial charge in [0, 0.05) is 18.3 Å².